The van der Waals surface area contributed by atoms with Gasteiger partial charge in [-0.25, -0.2) is 4.99 Å². The Labute approximate surface area is 118 Å². The van der Waals surface area contributed by atoms with Crippen molar-refractivity contribution in [2.75, 3.05) is 5.32 Å². The average Bonchev–Trinajstić information content (AvgIpc) is 2.84. The molecule has 0 bridgehead atoms. The van der Waals surface area contributed by atoms with Gasteiger partial charge in [-0.2, -0.15) is 0 Å². The van der Waals surface area contributed by atoms with E-state index < -0.39 is 0 Å². The maximum absolute atomic E-state index is 5.89. The predicted octanol–water partition coefficient (Wildman–Crippen LogP) is 3.55. The topological polar surface area (TPSA) is 50.4 Å². The van der Waals surface area contributed by atoms with E-state index in [1.807, 2.05) is 18.2 Å². The van der Waals surface area contributed by atoms with Gasteiger partial charge >= 0.3 is 0 Å². The van der Waals surface area contributed by atoms with Gasteiger partial charge in [-0.05, 0) is 43.2 Å². The molecule has 0 saturated carbocycles. The van der Waals surface area contributed by atoms with Crippen LogP contribution in [0.4, 0.5) is 5.69 Å². The van der Waals surface area contributed by atoms with Crippen LogP contribution in [-0.2, 0) is 13.0 Å². The first kappa shape index (κ1) is 13.6. The van der Waals surface area contributed by atoms with Gasteiger partial charge < -0.3 is 11.1 Å². The molecule has 1 aromatic carbocycles. The highest BCUT2D eigenvalue weighted by Gasteiger charge is 1.99. The number of hydrogen-bond donors (Lipinski definition) is 2. The zero-order valence-electron chi connectivity index (χ0n) is 11.3. The zero-order valence-corrected chi connectivity index (χ0v) is 12.1. The molecule has 4 heteroatoms. The summed E-state index contributed by atoms with van der Waals surface area (Å²) in [4.78, 5) is 6.99. The summed E-state index contributed by atoms with van der Waals surface area (Å²) < 4.78 is 0. The van der Waals surface area contributed by atoms with E-state index in [-0.39, 0.29) is 0 Å². The summed E-state index contributed by atoms with van der Waals surface area (Å²) in [6.07, 6.45) is 1.07. The highest BCUT2D eigenvalue weighted by Crippen LogP contribution is 2.17. The van der Waals surface area contributed by atoms with E-state index in [9.17, 15) is 0 Å². The highest BCUT2D eigenvalue weighted by atomic mass is 32.1. The summed E-state index contributed by atoms with van der Waals surface area (Å²) in [6, 6.07) is 12.3. The maximum atomic E-state index is 5.89. The van der Waals surface area contributed by atoms with Crippen LogP contribution in [0.1, 0.15) is 22.2 Å². The molecule has 0 spiro atoms. The molecule has 0 aliphatic heterocycles. The molecule has 0 saturated heterocycles. The Morgan fingerprint density at radius 1 is 1.26 bits per heavy atom. The number of hydrogen-bond acceptors (Lipinski definition) is 2. The van der Waals surface area contributed by atoms with Crippen molar-refractivity contribution in [2.24, 2.45) is 10.7 Å². The van der Waals surface area contributed by atoms with Crippen LogP contribution in [0.15, 0.2) is 41.4 Å². The molecule has 1 aromatic heterocycles. The fraction of sp³-hybridized carbons (Fsp3) is 0.267. The minimum Gasteiger partial charge on any atom is -0.370 e. The molecule has 0 fully saturated rings. The molecule has 0 aliphatic carbocycles. The molecule has 3 N–H and O–H groups in total. The molecular weight excluding hydrogens is 254 g/mol. The smallest absolute Gasteiger partial charge is 0.193 e. The lowest BCUT2D eigenvalue weighted by Gasteiger charge is -2.05. The van der Waals surface area contributed by atoms with Gasteiger partial charge in [0.05, 0.1) is 6.54 Å². The SMILES string of the molecule is CCc1ccc(CN=C(N)Nc2cccc(C)c2)s1. The van der Waals surface area contributed by atoms with E-state index in [4.69, 9.17) is 5.73 Å². The molecule has 2 aromatic rings. The third-order valence-corrected chi connectivity index (χ3v) is 3.98. The Morgan fingerprint density at radius 3 is 2.74 bits per heavy atom. The van der Waals surface area contributed by atoms with Crippen molar-refractivity contribution in [3.8, 4) is 0 Å². The van der Waals surface area contributed by atoms with Crippen LogP contribution in [0.25, 0.3) is 0 Å². The van der Waals surface area contributed by atoms with Crippen LogP contribution >= 0.6 is 11.3 Å². The number of benzene rings is 1. The molecule has 2 rings (SSSR count). The fourth-order valence-electron chi connectivity index (χ4n) is 1.77. The number of aryl methyl sites for hydroxylation is 2. The Hall–Kier alpha value is -1.81. The first-order chi connectivity index (χ1) is 9.17. The zero-order chi connectivity index (χ0) is 13.7. The molecule has 0 amide bonds. The van der Waals surface area contributed by atoms with Gasteiger partial charge in [0.15, 0.2) is 5.96 Å². The van der Waals surface area contributed by atoms with Crippen molar-refractivity contribution in [3.05, 3.63) is 51.7 Å². The van der Waals surface area contributed by atoms with Crippen molar-refractivity contribution in [1.29, 1.82) is 0 Å². The predicted molar refractivity (Wildman–Crippen MR) is 83.8 cm³/mol. The van der Waals surface area contributed by atoms with E-state index in [0.717, 1.165) is 12.1 Å². The highest BCUT2D eigenvalue weighted by molar-refractivity contribution is 7.11. The van der Waals surface area contributed by atoms with Gasteiger partial charge in [0.2, 0.25) is 0 Å². The summed E-state index contributed by atoms with van der Waals surface area (Å²) in [6.45, 7) is 4.85. The van der Waals surface area contributed by atoms with E-state index in [1.165, 1.54) is 15.3 Å². The van der Waals surface area contributed by atoms with Crippen molar-refractivity contribution >= 4 is 23.0 Å². The second kappa shape index (κ2) is 6.38. The Kier molecular flexibility index (Phi) is 4.58. The molecule has 0 unspecified atom stereocenters. The molecule has 0 radical (unpaired) electrons. The van der Waals surface area contributed by atoms with Gasteiger partial charge in [0.1, 0.15) is 0 Å². The van der Waals surface area contributed by atoms with Gasteiger partial charge in [-0.1, -0.05) is 19.1 Å². The summed E-state index contributed by atoms with van der Waals surface area (Å²) in [5, 5.41) is 3.11. The number of guanidine groups is 1. The number of thiophene rings is 1. The first-order valence-corrected chi connectivity index (χ1v) is 7.20. The largest absolute Gasteiger partial charge is 0.370 e. The Bertz CT molecular complexity index is 572. The van der Waals surface area contributed by atoms with Gasteiger partial charge in [0, 0.05) is 15.4 Å². The lowest BCUT2D eigenvalue weighted by Crippen LogP contribution is -2.22. The molecule has 100 valence electrons. The summed E-state index contributed by atoms with van der Waals surface area (Å²) in [5.74, 6) is 0.456. The number of aliphatic imine (C=N–C) groups is 1. The maximum Gasteiger partial charge on any atom is 0.193 e. The summed E-state index contributed by atoms with van der Waals surface area (Å²) >= 11 is 1.79. The van der Waals surface area contributed by atoms with Crippen LogP contribution in [0.2, 0.25) is 0 Å². The van der Waals surface area contributed by atoms with E-state index >= 15 is 0 Å². The molecule has 3 nitrogen and oxygen atoms in total. The van der Waals surface area contributed by atoms with Crippen LogP contribution in [0.3, 0.4) is 0 Å². The summed E-state index contributed by atoms with van der Waals surface area (Å²) in [5.41, 5.74) is 8.06. The summed E-state index contributed by atoms with van der Waals surface area (Å²) in [7, 11) is 0. The second-order valence-corrected chi connectivity index (χ2v) is 5.67. The first-order valence-electron chi connectivity index (χ1n) is 6.38. The standard InChI is InChI=1S/C15H19N3S/c1-3-13-7-8-14(19-13)10-17-15(16)18-12-6-4-5-11(2)9-12/h4-9H,3,10H2,1-2H3,(H3,16,17,18). The van der Waals surface area contributed by atoms with Crippen molar-refractivity contribution < 1.29 is 0 Å². The normalized spacial score (nSPS) is 11.6. The van der Waals surface area contributed by atoms with Crippen LogP contribution in [0.5, 0.6) is 0 Å². The van der Waals surface area contributed by atoms with Gasteiger partial charge in [0.25, 0.3) is 0 Å². The third kappa shape index (κ3) is 4.10. The van der Waals surface area contributed by atoms with E-state index in [2.05, 4.69) is 42.4 Å². The number of rotatable bonds is 4. The number of nitrogens with zero attached hydrogens (tertiary/aromatic N) is 1. The van der Waals surface area contributed by atoms with Gasteiger partial charge in [-0.15, -0.1) is 11.3 Å². The molecule has 1 heterocycles. The van der Waals surface area contributed by atoms with Gasteiger partial charge in [-0.3, -0.25) is 0 Å². The third-order valence-electron chi connectivity index (χ3n) is 2.76. The minimum absolute atomic E-state index is 0.456. The van der Waals surface area contributed by atoms with Crippen LogP contribution in [-0.4, -0.2) is 5.96 Å². The molecular formula is C15H19N3S. The minimum atomic E-state index is 0.456. The quantitative estimate of drug-likeness (QED) is 0.661. The van der Waals surface area contributed by atoms with Crippen LogP contribution < -0.4 is 11.1 Å². The van der Waals surface area contributed by atoms with Crippen molar-refractivity contribution in [1.82, 2.24) is 0 Å². The Balaban J connectivity index is 1.95. The molecule has 0 aliphatic rings. The molecule has 0 atom stereocenters. The second-order valence-electron chi connectivity index (χ2n) is 4.42. The number of nitrogens with two attached hydrogens (primary N) is 1. The van der Waals surface area contributed by atoms with Crippen LogP contribution in [0, 0.1) is 6.92 Å². The fourth-order valence-corrected chi connectivity index (χ4v) is 2.65. The lowest BCUT2D eigenvalue weighted by molar-refractivity contribution is 1.09. The number of nitrogens with one attached hydrogen (secondary N) is 1. The monoisotopic (exact) mass is 273 g/mol. The Morgan fingerprint density at radius 2 is 2.05 bits per heavy atom. The van der Waals surface area contributed by atoms with Crippen molar-refractivity contribution in [2.45, 2.75) is 26.8 Å². The van der Waals surface area contributed by atoms with E-state index in [1.54, 1.807) is 11.3 Å². The van der Waals surface area contributed by atoms with Crippen molar-refractivity contribution in [3.63, 3.8) is 0 Å². The number of anilines is 1. The van der Waals surface area contributed by atoms with E-state index in [0.29, 0.717) is 12.5 Å². The lowest BCUT2D eigenvalue weighted by atomic mass is 10.2. The average molecular weight is 273 g/mol. The molecule has 19 heavy (non-hydrogen) atoms.